The van der Waals surface area contributed by atoms with E-state index in [1.165, 1.54) is 48.2 Å². The molecule has 0 radical (unpaired) electrons. The molecule has 3 heterocycles. The topological polar surface area (TPSA) is 289 Å². The van der Waals surface area contributed by atoms with Gasteiger partial charge in [-0.3, -0.25) is 24.0 Å². The zero-order chi connectivity index (χ0) is 52.1. The summed E-state index contributed by atoms with van der Waals surface area (Å²) in [6.07, 6.45) is 0.841. The molecule has 18 heteroatoms. The van der Waals surface area contributed by atoms with Crippen LogP contribution in [-0.4, -0.2) is 108 Å². The largest absolute Gasteiger partial charge is 0.508 e. The van der Waals surface area contributed by atoms with Gasteiger partial charge >= 0.3 is 5.97 Å². The molecule has 9 atom stereocenters. The van der Waals surface area contributed by atoms with Crippen LogP contribution in [0.1, 0.15) is 61.4 Å². The minimum atomic E-state index is -1.45. The number of phenolic OH excluding ortho intramolecular Hbond substituents is 3. The van der Waals surface area contributed by atoms with Gasteiger partial charge in [-0.1, -0.05) is 93.1 Å². The van der Waals surface area contributed by atoms with Gasteiger partial charge in [0.25, 0.3) is 0 Å². The predicted octanol–water partition coefficient (Wildman–Crippen LogP) is 4.07. The van der Waals surface area contributed by atoms with Crippen LogP contribution < -0.4 is 32.3 Å². The van der Waals surface area contributed by atoms with Gasteiger partial charge in [0, 0.05) is 42.0 Å². The van der Waals surface area contributed by atoms with Crippen molar-refractivity contribution < 1.29 is 49.2 Å². The summed E-state index contributed by atoms with van der Waals surface area (Å²) >= 11 is 0. The number of aromatic hydroxyl groups is 3. The Bertz CT molecular complexity index is 3000. The number of anilines is 1. The van der Waals surface area contributed by atoms with Crippen LogP contribution in [0.2, 0.25) is 0 Å². The van der Waals surface area contributed by atoms with Crippen molar-refractivity contribution in [2.45, 2.75) is 101 Å². The van der Waals surface area contributed by atoms with Gasteiger partial charge in [-0.05, 0) is 95.6 Å². The van der Waals surface area contributed by atoms with E-state index in [1.54, 1.807) is 49.5 Å². The molecule has 18 nitrogen and oxygen atoms in total. The lowest BCUT2D eigenvalue weighted by molar-refractivity contribution is -0.146. The Kier molecular flexibility index (Phi) is 15.0. The molecule has 5 aromatic carbocycles. The average Bonchev–Trinajstić information content (AvgIpc) is 4.05. The van der Waals surface area contributed by atoms with E-state index in [0.29, 0.717) is 34.4 Å². The number of carbonyl (C=O) groups excluding carboxylic acids is 5. The van der Waals surface area contributed by atoms with Gasteiger partial charge in [-0.15, -0.1) is 0 Å². The highest BCUT2D eigenvalue weighted by molar-refractivity contribution is 5.98. The fourth-order valence-corrected chi connectivity index (χ4v) is 10.0. The highest BCUT2D eigenvalue weighted by atomic mass is 16.4. The number of aromatic nitrogens is 1. The van der Waals surface area contributed by atoms with Crippen LogP contribution in [0.4, 0.5) is 5.69 Å². The van der Waals surface area contributed by atoms with Crippen molar-refractivity contribution in [3.63, 3.8) is 0 Å². The molecule has 380 valence electrons. The number of hydrogen-bond donors (Lipinski definition) is 11. The van der Waals surface area contributed by atoms with Gasteiger partial charge in [0.15, 0.2) is 0 Å². The number of carboxylic acid groups (broad SMARTS) is 1. The number of carbonyl (C=O) groups is 6. The lowest BCUT2D eigenvalue weighted by Crippen LogP contribution is -2.62. The van der Waals surface area contributed by atoms with Crippen molar-refractivity contribution in [1.82, 2.24) is 31.2 Å². The Balaban J connectivity index is 1.16. The summed E-state index contributed by atoms with van der Waals surface area (Å²) in [6.45, 7) is 5.08. The third-order valence-electron chi connectivity index (χ3n) is 14.2. The van der Waals surface area contributed by atoms with E-state index in [1.807, 2.05) is 55.5 Å². The number of rotatable bonds is 19. The van der Waals surface area contributed by atoms with Crippen LogP contribution in [-0.2, 0) is 53.4 Å². The van der Waals surface area contributed by atoms with Crippen LogP contribution in [0.3, 0.4) is 0 Å². The first kappa shape index (κ1) is 51.0. The Morgan fingerprint density at radius 2 is 1.23 bits per heavy atom. The summed E-state index contributed by atoms with van der Waals surface area (Å²) < 4.78 is 0. The molecule has 1 aromatic heterocycles. The molecule has 12 N–H and O–H groups in total. The number of phenols is 3. The number of nitrogens with one attached hydrogen (secondary N) is 6. The highest BCUT2D eigenvalue weighted by Crippen LogP contribution is 2.55. The maximum atomic E-state index is 15.8. The van der Waals surface area contributed by atoms with Crippen molar-refractivity contribution >= 4 is 52.1 Å². The van der Waals surface area contributed by atoms with E-state index in [4.69, 9.17) is 5.73 Å². The standard InChI is InChI=1S/C55H60N8O10/c1-4-30(2)47(62-50(69)43(25-32-13-19-36(64)20-14-32)59-49(68)44(58-48(67)31(3)56)27-34-29-57-41-11-7-5-9-39(34)41)52(71)63-46(51(70)60-45(53(72)73)26-33-15-21-37(65)22-16-33)28-55(35-17-23-38(66)24-18-35)40-10-6-8-12-42(40)61-54(55)63/h5-24,29-31,43-47,54,57,61,64-66H,4,25-28,56H2,1-3H3,(H,58,67)(H,59,68)(H,60,70)(H,62,69)(H,72,73)/t30-,31-,43?,44?,45?,46?,47-,54?,55?/m0/s1. The van der Waals surface area contributed by atoms with E-state index in [0.717, 1.165) is 16.5 Å². The molecule has 0 aliphatic carbocycles. The number of nitrogens with zero attached hydrogens (tertiary/aromatic N) is 1. The second kappa shape index (κ2) is 21.5. The second-order valence-electron chi connectivity index (χ2n) is 19.1. The maximum absolute atomic E-state index is 15.8. The summed E-state index contributed by atoms with van der Waals surface area (Å²) in [5.41, 5.74) is 9.47. The van der Waals surface area contributed by atoms with Crippen molar-refractivity contribution in [3.8, 4) is 17.2 Å². The Hall–Kier alpha value is -8.38. The van der Waals surface area contributed by atoms with Crippen LogP contribution >= 0.6 is 0 Å². The van der Waals surface area contributed by atoms with Gasteiger partial charge in [-0.2, -0.15) is 0 Å². The van der Waals surface area contributed by atoms with Crippen molar-refractivity contribution in [1.29, 1.82) is 0 Å². The number of para-hydroxylation sites is 2. The summed E-state index contributed by atoms with van der Waals surface area (Å²) in [5.74, 6) is -5.50. The molecule has 73 heavy (non-hydrogen) atoms. The van der Waals surface area contributed by atoms with Gasteiger partial charge < -0.3 is 62.6 Å². The smallest absolute Gasteiger partial charge is 0.326 e. The first-order valence-electron chi connectivity index (χ1n) is 24.3. The molecule has 5 amide bonds. The third-order valence-corrected chi connectivity index (χ3v) is 14.2. The van der Waals surface area contributed by atoms with Crippen molar-refractivity contribution in [3.05, 3.63) is 155 Å². The zero-order valence-corrected chi connectivity index (χ0v) is 40.5. The minimum absolute atomic E-state index is 0.0104. The summed E-state index contributed by atoms with van der Waals surface area (Å²) in [6, 6.07) is 25.6. The Morgan fingerprint density at radius 3 is 1.85 bits per heavy atom. The lowest BCUT2D eigenvalue weighted by Gasteiger charge is -2.37. The number of H-pyrrole nitrogens is 1. The number of benzene rings is 5. The first-order valence-corrected chi connectivity index (χ1v) is 24.3. The fraction of sp³-hybridized carbons (Fsp3) is 0.309. The average molecular weight is 993 g/mol. The van der Waals surface area contributed by atoms with Crippen LogP contribution in [0, 0.1) is 5.92 Å². The fourth-order valence-electron chi connectivity index (χ4n) is 10.0. The first-order chi connectivity index (χ1) is 35.0. The van der Waals surface area contributed by atoms with E-state index in [-0.39, 0.29) is 42.9 Å². The van der Waals surface area contributed by atoms with E-state index >= 15 is 9.59 Å². The number of aromatic amines is 1. The van der Waals surface area contributed by atoms with E-state index < -0.39 is 89.3 Å². The number of likely N-dealkylation sites (tertiary alicyclic amines) is 1. The quantitative estimate of drug-likeness (QED) is 0.0548. The SMILES string of the molecule is CC[C@H](C)[C@H](NC(=O)C(Cc1ccc(O)cc1)NC(=O)C(Cc1c[nH]c2ccccc12)NC(=O)[C@H](C)N)C(=O)N1C(C(=O)NC(Cc2ccc(O)cc2)C(=O)O)CC2(c3ccc(O)cc3)c3ccccc3NC12. The van der Waals surface area contributed by atoms with Gasteiger partial charge in [0.05, 0.1) is 11.5 Å². The molecule has 0 spiro atoms. The van der Waals surface area contributed by atoms with Crippen molar-refractivity contribution in [2.24, 2.45) is 11.7 Å². The molecule has 0 saturated carbocycles. The summed E-state index contributed by atoms with van der Waals surface area (Å²) in [7, 11) is 0. The lowest BCUT2D eigenvalue weighted by atomic mass is 9.72. The molecule has 6 unspecified atom stereocenters. The molecule has 1 saturated heterocycles. The Labute approximate surface area is 421 Å². The van der Waals surface area contributed by atoms with Gasteiger partial charge in [0.1, 0.15) is 53.6 Å². The van der Waals surface area contributed by atoms with E-state index in [2.05, 4.69) is 31.6 Å². The number of fused-ring (bicyclic) bond motifs is 4. The van der Waals surface area contributed by atoms with E-state index in [9.17, 15) is 39.6 Å². The molecular weight excluding hydrogens is 933 g/mol. The molecule has 6 aromatic rings. The normalized spacial score (nSPS) is 19.2. The molecule has 0 bridgehead atoms. The van der Waals surface area contributed by atoms with Crippen LogP contribution in [0.5, 0.6) is 17.2 Å². The monoisotopic (exact) mass is 992 g/mol. The Morgan fingerprint density at radius 1 is 0.685 bits per heavy atom. The molecule has 2 aliphatic heterocycles. The number of nitrogens with two attached hydrogens (primary N) is 1. The summed E-state index contributed by atoms with van der Waals surface area (Å²) in [4.78, 5) is 90.9. The molecular formula is C55H60N8O10. The second-order valence-corrected chi connectivity index (χ2v) is 19.1. The van der Waals surface area contributed by atoms with Crippen LogP contribution in [0.25, 0.3) is 10.9 Å². The maximum Gasteiger partial charge on any atom is 0.326 e. The van der Waals surface area contributed by atoms with Crippen LogP contribution in [0.15, 0.2) is 128 Å². The zero-order valence-electron chi connectivity index (χ0n) is 40.5. The summed E-state index contributed by atoms with van der Waals surface area (Å²) in [5, 5.41) is 56.4. The third kappa shape index (κ3) is 10.8. The molecule has 2 aliphatic rings. The highest BCUT2D eigenvalue weighted by Gasteiger charge is 2.62. The number of hydrogen-bond acceptors (Lipinski definition) is 11. The minimum Gasteiger partial charge on any atom is -0.508 e. The number of carboxylic acids is 1. The number of aliphatic carboxylic acids is 1. The van der Waals surface area contributed by atoms with Gasteiger partial charge in [-0.25, -0.2) is 4.79 Å². The number of amides is 5. The predicted molar refractivity (Wildman–Crippen MR) is 272 cm³/mol. The van der Waals surface area contributed by atoms with Crippen molar-refractivity contribution in [2.75, 3.05) is 5.32 Å². The molecule has 8 rings (SSSR count). The molecule has 1 fully saturated rings. The van der Waals surface area contributed by atoms with Gasteiger partial charge in [0.2, 0.25) is 29.5 Å².